The van der Waals surface area contributed by atoms with Gasteiger partial charge in [-0.05, 0) is 106 Å². The zero-order valence-electron chi connectivity index (χ0n) is 34.4. The molecule has 3 aromatic rings. The monoisotopic (exact) mass is 859 g/mol. The maximum Gasteiger partial charge on any atom is 0.453 e. The van der Waals surface area contributed by atoms with E-state index >= 15 is 0 Å². The fourth-order valence-corrected chi connectivity index (χ4v) is 9.17. The van der Waals surface area contributed by atoms with E-state index in [-0.39, 0.29) is 6.54 Å². The number of esters is 1. The predicted octanol–water partition coefficient (Wildman–Crippen LogP) is 5.38. The quantitative estimate of drug-likeness (QED) is 0.101. The zero-order valence-corrected chi connectivity index (χ0v) is 36.9. The van der Waals surface area contributed by atoms with Crippen molar-refractivity contribution < 1.29 is 37.5 Å². The molecule has 0 radical (unpaired) electrons. The Labute approximate surface area is 347 Å². The van der Waals surface area contributed by atoms with E-state index in [9.17, 15) is 33.3 Å². The average molecular weight is 860 g/mol. The Morgan fingerprint density at radius 2 is 1.38 bits per heavy atom. The number of thioether (sulfide) groups is 2. The standard InChI is InChI=1S/C40H54N5O10PS2/c1-25(2)35(41-32(46)23-43-22-20-33(47)45(39(43)51)24-34(48)53-40(5,6)7)38(50)44-21-10-11-31(44)36(49)42-37(26(3)4)56(52,54-27-12-16-29(57-8)17-13-27)55-28-14-18-30(58-9)19-15-28/h12-20,22,25-26,31,35,37H,10-11,21,23-24H2,1-9H3,(H,41,46)(H,42,49)/t31-,35-,37+/m0/s1. The van der Waals surface area contributed by atoms with Gasteiger partial charge in [-0.3, -0.25) is 28.5 Å². The van der Waals surface area contributed by atoms with Gasteiger partial charge in [0.25, 0.3) is 5.56 Å². The molecule has 2 heterocycles. The second-order valence-corrected chi connectivity index (χ2v) is 19.2. The molecule has 2 N–H and O–H groups in total. The molecule has 18 heteroatoms. The molecule has 1 aliphatic rings. The summed E-state index contributed by atoms with van der Waals surface area (Å²) in [5, 5.41) is 5.61. The minimum absolute atomic E-state index is 0.228. The van der Waals surface area contributed by atoms with Gasteiger partial charge in [-0.1, -0.05) is 27.7 Å². The van der Waals surface area contributed by atoms with E-state index in [0.717, 1.165) is 26.6 Å². The van der Waals surface area contributed by atoms with Crippen molar-refractivity contribution in [3.8, 4) is 11.5 Å². The molecule has 0 bridgehead atoms. The summed E-state index contributed by atoms with van der Waals surface area (Å²) in [4.78, 5) is 83.0. The summed E-state index contributed by atoms with van der Waals surface area (Å²) in [7, 11) is -4.21. The summed E-state index contributed by atoms with van der Waals surface area (Å²) in [6.07, 6.45) is 5.82. The first-order valence-electron chi connectivity index (χ1n) is 18.9. The Bertz CT molecular complexity index is 2040. The molecule has 1 fully saturated rings. The van der Waals surface area contributed by atoms with Gasteiger partial charge in [0.05, 0.1) is 0 Å². The van der Waals surface area contributed by atoms with E-state index in [1.54, 1.807) is 72.7 Å². The largest absolute Gasteiger partial charge is 0.459 e. The van der Waals surface area contributed by atoms with Crippen LogP contribution in [0.4, 0.5) is 0 Å². The minimum Gasteiger partial charge on any atom is -0.459 e. The third-order valence-electron chi connectivity index (χ3n) is 9.10. The maximum atomic E-state index is 14.9. The van der Waals surface area contributed by atoms with Crippen molar-refractivity contribution in [2.24, 2.45) is 11.8 Å². The van der Waals surface area contributed by atoms with Gasteiger partial charge in [0.1, 0.15) is 42.3 Å². The van der Waals surface area contributed by atoms with Gasteiger partial charge in [-0.25, -0.2) is 13.9 Å². The van der Waals surface area contributed by atoms with Crippen LogP contribution >= 0.6 is 31.1 Å². The first-order valence-corrected chi connectivity index (χ1v) is 23.0. The van der Waals surface area contributed by atoms with Gasteiger partial charge in [-0.2, -0.15) is 0 Å². The molecule has 0 spiro atoms. The molecular weight excluding hydrogens is 806 g/mol. The van der Waals surface area contributed by atoms with Crippen molar-refractivity contribution >= 4 is 54.8 Å². The summed E-state index contributed by atoms with van der Waals surface area (Å²) in [6.45, 7) is 11.0. The topological polar surface area (TPSA) is 184 Å². The molecule has 0 saturated carbocycles. The predicted molar refractivity (Wildman–Crippen MR) is 224 cm³/mol. The number of ether oxygens (including phenoxy) is 1. The number of nitrogens with zero attached hydrogens (tertiary/aromatic N) is 3. The number of hydrogen-bond acceptors (Lipinski definition) is 12. The Morgan fingerprint density at radius 3 is 1.86 bits per heavy atom. The second kappa shape index (κ2) is 20.0. The third kappa shape index (κ3) is 12.3. The van der Waals surface area contributed by atoms with Crippen LogP contribution in [0, 0.1) is 11.8 Å². The number of aromatic nitrogens is 2. The highest BCUT2D eigenvalue weighted by atomic mass is 32.2. The Balaban J connectivity index is 1.54. The molecule has 3 atom stereocenters. The lowest BCUT2D eigenvalue weighted by Gasteiger charge is -2.34. The molecular formula is C40H54N5O10PS2. The Hall–Kier alpha value is -4.47. The summed E-state index contributed by atoms with van der Waals surface area (Å²) in [6, 6.07) is 13.1. The number of likely N-dealkylation sites (tertiary alicyclic amines) is 1. The molecule has 316 valence electrons. The number of nitrogens with one attached hydrogen (secondary N) is 2. The number of rotatable bonds is 17. The highest BCUT2D eigenvalue weighted by molar-refractivity contribution is 7.98. The van der Waals surface area contributed by atoms with Crippen LogP contribution in [0.2, 0.25) is 0 Å². The lowest BCUT2D eigenvalue weighted by molar-refractivity contribution is -0.155. The van der Waals surface area contributed by atoms with Crippen molar-refractivity contribution in [2.45, 2.75) is 108 Å². The molecule has 3 amide bonds. The molecule has 1 aliphatic heterocycles. The van der Waals surface area contributed by atoms with E-state index in [1.807, 2.05) is 36.8 Å². The fourth-order valence-electron chi connectivity index (χ4n) is 6.25. The molecule has 1 saturated heterocycles. The van der Waals surface area contributed by atoms with Crippen molar-refractivity contribution in [2.75, 3.05) is 19.1 Å². The van der Waals surface area contributed by atoms with Crippen LogP contribution in [0.15, 0.2) is 80.2 Å². The molecule has 0 unspecified atom stereocenters. The Morgan fingerprint density at radius 1 is 0.828 bits per heavy atom. The third-order valence-corrected chi connectivity index (χ3v) is 12.9. The summed E-state index contributed by atoms with van der Waals surface area (Å²) in [5.41, 5.74) is -2.49. The SMILES string of the molecule is CSc1ccc(OP(=O)(Oc2ccc(SC)cc2)[C@@H](NC(=O)[C@@H]2CCCN2C(=O)[C@@H](NC(=O)Cn2ccc(=O)n(CC(=O)OC(C)(C)C)c2=O)C(C)C)C(C)C)cc1. The molecule has 4 rings (SSSR count). The van der Waals surface area contributed by atoms with Crippen molar-refractivity contribution in [1.29, 1.82) is 0 Å². The smallest absolute Gasteiger partial charge is 0.453 e. The van der Waals surface area contributed by atoms with Gasteiger partial charge >= 0.3 is 19.3 Å². The van der Waals surface area contributed by atoms with E-state index in [2.05, 4.69) is 10.6 Å². The number of carbonyl (C=O) groups is 4. The number of hydrogen-bond donors (Lipinski definition) is 2. The first-order chi connectivity index (χ1) is 27.2. The van der Waals surface area contributed by atoms with Crippen LogP contribution in [0.1, 0.15) is 61.3 Å². The molecule has 1 aromatic heterocycles. The van der Waals surface area contributed by atoms with Gasteiger partial charge in [0.2, 0.25) is 17.7 Å². The van der Waals surface area contributed by atoms with Crippen LogP contribution in [0.25, 0.3) is 0 Å². The lowest BCUT2D eigenvalue weighted by atomic mass is 10.0. The molecule has 15 nitrogen and oxygen atoms in total. The van der Waals surface area contributed by atoms with E-state index < -0.39 is 90.9 Å². The van der Waals surface area contributed by atoms with Crippen LogP contribution in [-0.4, -0.2) is 80.2 Å². The van der Waals surface area contributed by atoms with Gasteiger partial charge in [-0.15, -0.1) is 23.5 Å². The van der Waals surface area contributed by atoms with E-state index in [0.29, 0.717) is 28.9 Å². The van der Waals surface area contributed by atoms with Crippen molar-refractivity contribution in [3.63, 3.8) is 0 Å². The van der Waals surface area contributed by atoms with Crippen LogP contribution in [-0.2, 0) is 41.6 Å². The minimum atomic E-state index is -4.21. The summed E-state index contributed by atoms with van der Waals surface area (Å²) < 4.78 is 34.1. The molecule has 58 heavy (non-hydrogen) atoms. The molecule has 2 aromatic carbocycles. The van der Waals surface area contributed by atoms with Gasteiger partial charge < -0.3 is 29.3 Å². The fraction of sp³-hybridized carbons (Fsp3) is 0.500. The average Bonchev–Trinajstić information content (AvgIpc) is 3.65. The zero-order chi connectivity index (χ0) is 42.9. The van der Waals surface area contributed by atoms with E-state index in [1.165, 1.54) is 28.4 Å². The summed E-state index contributed by atoms with van der Waals surface area (Å²) in [5.74, 6) is -3.99. The Kier molecular flexibility index (Phi) is 15.9. The second-order valence-electron chi connectivity index (χ2n) is 15.5. The maximum absolute atomic E-state index is 14.9. The van der Waals surface area contributed by atoms with Crippen LogP contribution in [0.5, 0.6) is 11.5 Å². The van der Waals surface area contributed by atoms with Crippen molar-refractivity contribution in [1.82, 2.24) is 24.7 Å². The van der Waals surface area contributed by atoms with E-state index in [4.69, 9.17) is 13.8 Å². The highest BCUT2D eigenvalue weighted by Crippen LogP contribution is 2.54. The van der Waals surface area contributed by atoms with Crippen LogP contribution in [0.3, 0.4) is 0 Å². The van der Waals surface area contributed by atoms with Gasteiger partial charge in [0.15, 0.2) is 5.78 Å². The molecule has 0 aliphatic carbocycles. The van der Waals surface area contributed by atoms with Crippen molar-refractivity contribution in [3.05, 3.63) is 81.6 Å². The first kappa shape index (κ1) is 46.2. The summed E-state index contributed by atoms with van der Waals surface area (Å²) >= 11 is 3.08. The van der Waals surface area contributed by atoms with Gasteiger partial charge in [0, 0.05) is 28.6 Å². The normalized spacial score (nSPS) is 15.5. The number of benzene rings is 2. The highest BCUT2D eigenvalue weighted by Gasteiger charge is 2.46. The number of amides is 3. The number of carbonyl (C=O) groups excluding carboxylic acids is 4. The lowest BCUT2D eigenvalue weighted by Crippen LogP contribution is -2.57. The van der Waals surface area contributed by atoms with Crippen LogP contribution < -0.4 is 30.9 Å².